The third-order valence-corrected chi connectivity index (χ3v) is 4.20. The van der Waals surface area contributed by atoms with Crippen LogP contribution in [0.4, 0.5) is 0 Å². The lowest BCUT2D eigenvalue weighted by Gasteiger charge is -2.32. The van der Waals surface area contributed by atoms with E-state index >= 15 is 0 Å². The van der Waals surface area contributed by atoms with Gasteiger partial charge < -0.3 is 10.2 Å². The number of aromatic nitrogens is 1. The van der Waals surface area contributed by atoms with Crippen molar-refractivity contribution >= 4 is 11.8 Å². The Hall–Kier alpha value is -1.91. The highest BCUT2D eigenvalue weighted by atomic mass is 16.2. The molecule has 1 aromatic rings. The van der Waals surface area contributed by atoms with Gasteiger partial charge >= 0.3 is 0 Å². The van der Waals surface area contributed by atoms with Gasteiger partial charge in [-0.2, -0.15) is 0 Å². The van der Waals surface area contributed by atoms with Crippen LogP contribution >= 0.6 is 0 Å². The second kappa shape index (κ2) is 6.24. The molecule has 2 amide bonds. The number of amides is 2. The van der Waals surface area contributed by atoms with Crippen molar-refractivity contribution in [2.75, 3.05) is 13.1 Å². The standard InChI is InChI=1S/C16H21N3O2/c20-15(18-10-14-5-1-2-8-17-14)13-4-3-9-19(11-13)16(21)12-6-7-12/h1-2,5,8,12-13H,3-4,6-7,9-11H2,(H,18,20)/t13-/m0/s1. The molecular formula is C16H21N3O2. The maximum Gasteiger partial charge on any atom is 0.225 e. The minimum absolute atomic E-state index is 0.0361. The van der Waals surface area contributed by atoms with Crippen LogP contribution in [0.25, 0.3) is 0 Å². The molecule has 1 aliphatic heterocycles. The number of nitrogens with one attached hydrogen (secondary N) is 1. The maximum absolute atomic E-state index is 12.2. The number of pyridine rings is 1. The van der Waals surface area contributed by atoms with E-state index in [2.05, 4.69) is 10.3 Å². The van der Waals surface area contributed by atoms with E-state index in [1.165, 1.54) is 0 Å². The summed E-state index contributed by atoms with van der Waals surface area (Å²) in [4.78, 5) is 30.4. The predicted molar refractivity (Wildman–Crippen MR) is 78.1 cm³/mol. The number of carbonyl (C=O) groups excluding carboxylic acids is 2. The van der Waals surface area contributed by atoms with E-state index in [1.54, 1.807) is 6.20 Å². The van der Waals surface area contributed by atoms with Gasteiger partial charge in [0.05, 0.1) is 18.2 Å². The molecule has 1 atom stereocenters. The van der Waals surface area contributed by atoms with Gasteiger partial charge in [0.1, 0.15) is 0 Å². The number of hydrogen-bond donors (Lipinski definition) is 1. The van der Waals surface area contributed by atoms with Crippen LogP contribution in [-0.2, 0) is 16.1 Å². The summed E-state index contributed by atoms with van der Waals surface area (Å²) >= 11 is 0. The summed E-state index contributed by atoms with van der Waals surface area (Å²) in [5, 5.41) is 2.93. The van der Waals surface area contributed by atoms with Gasteiger partial charge in [0.2, 0.25) is 11.8 Å². The molecule has 1 aliphatic carbocycles. The van der Waals surface area contributed by atoms with Gasteiger partial charge in [0.25, 0.3) is 0 Å². The predicted octanol–water partition coefficient (Wildman–Crippen LogP) is 1.35. The molecule has 0 radical (unpaired) electrons. The van der Waals surface area contributed by atoms with Gasteiger partial charge in [0, 0.05) is 25.2 Å². The third kappa shape index (κ3) is 3.60. The molecule has 1 aromatic heterocycles. The van der Waals surface area contributed by atoms with Crippen molar-refractivity contribution < 1.29 is 9.59 Å². The number of hydrogen-bond acceptors (Lipinski definition) is 3. The van der Waals surface area contributed by atoms with Crippen molar-refractivity contribution in [1.29, 1.82) is 0 Å². The Morgan fingerprint density at radius 2 is 2.10 bits per heavy atom. The van der Waals surface area contributed by atoms with E-state index in [1.807, 2.05) is 23.1 Å². The first-order chi connectivity index (χ1) is 10.2. The molecule has 2 heterocycles. The summed E-state index contributed by atoms with van der Waals surface area (Å²) in [5.41, 5.74) is 0.854. The summed E-state index contributed by atoms with van der Waals surface area (Å²) in [5.74, 6) is 0.441. The third-order valence-electron chi connectivity index (χ3n) is 4.20. The van der Waals surface area contributed by atoms with Crippen molar-refractivity contribution in [3.8, 4) is 0 Å². The number of carbonyl (C=O) groups is 2. The monoisotopic (exact) mass is 287 g/mol. The first-order valence-electron chi connectivity index (χ1n) is 7.70. The Morgan fingerprint density at radius 1 is 1.24 bits per heavy atom. The minimum Gasteiger partial charge on any atom is -0.350 e. The molecule has 0 bridgehead atoms. The van der Waals surface area contributed by atoms with Gasteiger partial charge in [0.15, 0.2) is 0 Å². The first-order valence-corrected chi connectivity index (χ1v) is 7.70. The molecule has 3 rings (SSSR count). The van der Waals surface area contributed by atoms with Crippen LogP contribution in [0.15, 0.2) is 24.4 Å². The Labute approximate surface area is 124 Å². The highest BCUT2D eigenvalue weighted by Crippen LogP contribution is 2.32. The molecule has 2 fully saturated rings. The largest absolute Gasteiger partial charge is 0.350 e. The zero-order chi connectivity index (χ0) is 14.7. The average molecular weight is 287 g/mol. The lowest BCUT2D eigenvalue weighted by Crippen LogP contribution is -2.45. The van der Waals surface area contributed by atoms with Crippen molar-refractivity contribution in [2.24, 2.45) is 11.8 Å². The van der Waals surface area contributed by atoms with Crippen LogP contribution in [0, 0.1) is 11.8 Å². The molecular weight excluding hydrogens is 266 g/mol. The van der Waals surface area contributed by atoms with Crippen LogP contribution in [0.1, 0.15) is 31.4 Å². The summed E-state index contributed by atoms with van der Waals surface area (Å²) in [6.07, 6.45) is 5.54. The van der Waals surface area contributed by atoms with Gasteiger partial charge in [-0.05, 0) is 37.8 Å². The quantitative estimate of drug-likeness (QED) is 0.909. The Morgan fingerprint density at radius 3 is 2.81 bits per heavy atom. The smallest absolute Gasteiger partial charge is 0.225 e. The molecule has 1 saturated heterocycles. The average Bonchev–Trinajstić information content (AvgIpc) is 3.38. The Kier molecular flexibility index (Phi) is 4.18. The van der Waals surface area contributed by atoms with Crippen LogP contribution < -0.4 is 5.32 Å². The summed E-state index contributed by atoms with van der Waals surface area (Å²) in [6.45, 7) is 1.83. The Balaban J connectivity index is 1.50. The van der Waals surface area contributed by atoms with Crippen molar-refractivity contribution in [3.05, 3.63) is 30.1 Å². The SMILES string of the molecule is O=C(NCc1ccccn1)[C@H]1CCCN(C(=O)C2CC2)C1. The fourth-order valence-corrected chi connectivity index (χ4v) is 2.80. The van der Waals surface area contributed by atoms with E-state index in [4.69, 9.17) is 0 Å². The normalized spacial score (nSPS) is 21.9. The molecule has 0 spiro atoms. The fraction of sp³-hybridized carbons (Fsp3) is 0.562. The second-order valence-electron chi connectivity index (χ2n) is 5.94. The highest BCUT2D eigenvalue weighted by Gasteiger charge is 2.36. The van der Waals surface area contributed by atoms with E-state index in [-0.39, 0.29) is 23.7 Å². The van der Waals surface area contributed by atoms with Crippen LogP contribution in [0.3, 0.4) is 0 Å². The van der Waals surface area contributed by atoms with Crippen LogP contribution in [-0.4, -0.2) is 34.8 Å². The van der Waals surface area contributed by atoms with Gasteiger partial charge in [-0.1, -0.05) is 6.07 Å². The first kappa shape index (κ1) is 14.0. The minimum atomic E-state index is -0.0786. The summed E-state index contributed by atoms with van der Waals surface area (Å²) in [7, 11) is 0. The molecule has 5 nitrogen and oxygen atoms in total. The fourth-order valence-electron chi connectivity index (χ4n) is 2.80. The molecule has 21 heavy (non-hydrogen) atoms. The zero-order valence-electron chi connectivity index (χ0n) is 12.1. The lowest BCUT2D eigenvalue weighted by atomic mass is 9.96. The molecule has 0 unspecified atom stereocenters. The second-order valence-corrected chi connectivity index (χ2v) is 5.94. The summed E-state index contributed by atoms with van der Waals surface area (Å²) in [6, 6.07) is 5.66. The van der Waals surface area contributed by atoms with Gasteiger partial charge in [-0.3, -0.25) is 14.6 Å². The van der Waals surface area contributed by atoms with Crippen molar-refractivity contribution in [1.82, 2.24) is 15.2 Å². The molecule has 5 heteroatoms. The zero-order valence-corrected chi connectivity index (χ0v) is 12.1. The number of nitrogens with zero attached hydrogens (tertiary/aromatic N) is 2. The van der Waals surface area contributed by atoms with Gasteiger partial charge in [-0.25, -0.2) is 0 Å². The maximum atomic E-state index is 12.2. The van der Waals surface area contributed by atoms with E-state index < -0.39 is 0 Å². The molecule has 1 saturated carbocycles. The van der Waals surface area contributed by atoms with Gasteiger partial charge in [-0.15, -0.1) is 0 Å². The topological polar surface area (TPSA) is 62.3 Å². The van der Waals surface area contributed by atoms with Crippen molar-refractivity contribution in [2.45, 2.75) is 32.2 Å². The number of likely N-dealkylation sites (tertiary alicyclic amines) is 1. The number of rotatable bonds is 4. The van der Waals surface area contributed by atoms with E-state index in [9.17, 15) is 9.59 Å². The molecule has 112 valence electrons. The molecule has 2 aliphatic rings. The molecule has 0 aromatic carbocycles. The Bertz CT molecular complexity index is 514. The lowest BCUT2D eigenvalue weighted by molar-refractivity contribution is -0.136. The summed E-state index contributed by atoms with van der Waals surface area (Å²) < 4.78 is 0. The van der Waals surface area contributed by atoms with Crippen LogP contribution in [0.2, 0.25) is 0 Å². The van der Waals surface area contributed by atoms with Crippen molar-refractivity contribution in [3.63, 3.8) is 0 Å². The molecule has 1 N–H and O–H groups in total. The van der Waals surface area contributed by atoms with E-state index in [0.29, 0.717) is 13.1 Å². The number of piperidine rings is 1. The van der Waals surface area contributed by atoms with Crippen LogP contribution in [0.5, 0.6) is 0 Å². The van der Waals surface area contributed by atoms with E-state index in [0.717, 1.165) is 37.9 Å². The highest BCUT2D eigenvalue weighted by molar-refractivity contribution is 5.83.